The molecule has 2 N–H and O–H groups in total. The van der Waals surface area contributed by atoms with E-state index < -0.39 is 0 Å². The lowest BCUT2D eigenvalue weighted by Gasteiger charge is -2.37. The minimum absolute atomic E-state index is 0.201. The molecule has 1 aliphatic rings. The van der Waals surface area contributed by atoms with Gasteiger partial charge in [0, 0.05) is 37.9 Å². The Morgan fingerprint density at radius 1 is 1.17 bits per heavy atom. The fourth-order valence-corrected chi connectivity index (χ4v) is 4.60. The van der Waals surface area contributed by atoms with Crippen LogP contribution in [0.15, 0.2) is 42.5 Å². The summed E-state index contributed by atoms with van der Waals surface area (Å²) >= 11 is 0. The van der Waals surface area contributed by atoms with Gasteiger partial charge in [-0.25, -0.2) is 13.9 Å². The number of benzene rings is 2. The van der Waals surface area contributed by atoms with Crippen LogP contribution in [0, 0.1) is 17.7 Å². The van der Waals surface area contributed by atoms with Gasteiger partial charge in [0.25, 0.3) is 0 Å². The summed E-state index contributed by atoms with van der Waals surface area (Å²) in [7, 11) is 1.79. The standard InChI is InChI=1S/C26H34FN7O/c1-4-19-13-21(25-30-31-32-33(25)3)15-24(14-19)29-26(35)28-16-22-17-34(11-9-18(22)2)12-10-20-5-7-23(27)8-6-20/h5-8,13-15,18,22H,4,9-12,16-17H2,1-3H3,(H2,28,29,35)/t18-,22+/m0/s1. The summed E-state index contributed by atoms with van der Waals surface area (Å²) in [5, 5.41) is 17.8. The average molecular weight is 480 g/mol. The van der Waals surface area contributed by atoms with Gasteiger partial charge in [-0.2, -0.15) is 0 Å². The highest BCUT2D eigenvalue weighted by Gasteiger charge is 2.26. The van der Waals surface area contributed by atoms with Gasteiger partial charge < -0.3 is 15.5 Å². The maximum absolute atomic E-state index is 13.1. The van der Waals surface area contributed by atoms with Gasteiger partial charge in [-0.15, -0.1) is 5.10 Å². The molecule has 35 heavy (non-hydrogen) atoms. The highest BCUT2D eigenvalue weighted by Crippen LogP contribution is 2.24. The highest BCUT2D eigenvalue weighted by atomic mass is 19.1. The summed E-state index contributed by atoms with van der Waals surface area (Å²) in [4.78, 5) is 15.2. The molecule has 0 aliphatic carbocycles. The molecule has 2 aromatic carbocycles. The van der Waals surface area contributed by atoms with Crippen LogP contribution >= 0.6 is 0 Å². The summed E-state index contributed by atoms with van der Waals surface area (Å²) in [5.41, 5.74) is 3.82. The maximum atomic E-state index is 13.1. The highest BCUT2D eigenvalue weighted by molar-refractivity contribution is 5.90. The summed E-state index contributed by atoms with van der Waals surface area (Å²) < 4.78 is 14.8. The summed E-state index contributed by atoms with van der Waals surface area (Å²) in [6.07, 6.45) is 2.83. The second-order valence-corrected chi connectivity index (χ2v) is 9.44. The van der Waals surface area contributed by atoms with Gasteiger partial charge in [0.2, 0.25) is 0 Å². The van der Waals surface area contributed by atoms with E-state index in [1.165, 1.54) is 12.1 Å². The SMILES string of the molecule is CCc1cc(NC(=O)NC[C@@H]2CN(CCc3ccc(F)cc3)CC[C@@H]2C)cc(-c2nnnn2C)c1. The van der Waals surface area contributed by atoms with Crippen molar-refractivity contribution in [3.05, 3.63) is 59.4 Å². The molecule has 2 amide bonds. The van der Waals surface area contributed by atoms with Crippen LogP contribution in [0.1, 0.15) is 31.4 Å². The Morgan fingerprint density at radius 3 is 2.69 bits per heavy atom. The largest absolute Gasteiger partial charge is 0.338 e. The number of anilines is 1. The number of hydrogen-bond acceptors (Lipinski definition) is 5. The van der Waals surface area contributed by atoms with Gasteiger partial charge in [-0.3, -0.25) is 0 Å². The predicted octanol–water partition coefficient (Wildman–Crippen LogP) is 3.90. The van der Waals surface area contributed by atoms with Crippen LogP contribution in [0.2, 0.25) is 0 Å². The first kappa shape index (κ1) is 24.8. The molecule has 0 unspecified atom stereocenters. The number of urea groups is 1. The van der Waals surface area contributed by atoms with Crippen molar-refractivity contribution in [2.75, 3.05) is 31.5 Å². The Labute approximate surface area is 205 Å². The Hall–Kier alpha value is -3.33. The Morgan fingerprint density at radius 2 is 1.97 bits per heavy atom. The smallest absolute Gasteiger partial charge is 0.319 e. The first-order valence-electron chi connectivity index (χ1n) is 12.3. The summed E-state index contributed by atoms with van der Waals surface area (Å²) in [6.45, 7) is 7.88. The molecule has 3 aromatic rings. The van der Waals surface area contributed by atoms with Crippen LogP contribution in [0.4, 0.5) is 14.9 Å². The first-order valence-corrected chi connectivity index (χ1v) is 12.3. The molecule has 0 spiro atoms. The number of carbonyl (C=O) groups is 1. The van der Waals surface area contributed by atoms with Crippen molar-refractivity contribution in [3.63, 3.8) is 0 Å². The van der Waals surface area contributed by atoms with Gasteiger partial charge in [-0.05, 0) is 89.5 Å². The van der Waals surface area contributed by atoms with E-state index in [1.807, 2.05) is 30.3 Å². The van der Waals surface area contributed by atoms with Gasteiger partial charge >= 0.3 is 6.03 Å². The Bertz CT molecular complexity index is 1130. The van der Waals surface area contributed by atoms with Crippen molar-refractivity contribution >= 4 is 11.7 Å². The van der Waals surface area contributed by atoms with Gasteiger partial charge in [-0.1, -0.05) is 26.0 Å². The monoisotopic (exact) mass is 479 g/mol. The molecule has 2 atom stereocenters. The number of aryl methyl sites for hydroxylation is 2. The second-order valence-electron chi connectivity index (χ2n) is 9.44. The lowest BCUT2D eigenvalue weighted by Crippen LogP contribution is -2.45. The number of piperidine rings is 1. The number of hydrogen-bond donors (Lipinski definition) is 2. The molecule has 2 heterocycles. The molecule has 1 aromatic heterocycles. The number of likely N-dealkylation sites (tertiary alicyclic amines) is 1. The minimum atomic E-state index is -0.212. The second kappa shape index (κ2) is 11.4. The van der Waals surface area contributed by atoms with Crippen LogP contribution in [-0.2, 0) is 19.9 Å². The quantitative estimate of drug-likeness (QED) is 0.512. The van der Waals surface area contributed by atoms with E-state index in [9.17, 15) is 9.18 Å². The third kappa shape index (κ3) is 6.63. The lowest BCUT2D eigenvalue weighted by atomic mass is 9.87. The molecule has 8 nitrogen and oxygen atoms in total. The molecule has 0 radical (unpaired) electrons. The van der Waals surface area contributed by atoms with Crippen molar-refractivity contribution in [3.8, 4) is 11.4 Å². The van der Waals surface area contributed by atoms with E-state index in [1.54, 1.807) is 11.7 Å². The number of rotatable bonds is 8. The minimum Gasteiger partial charge on any atom is -0.338 e. The number of nitrogens with one attached hydrogen (secondary N) is 2. The van der Waals surface area contributed by atoms with Crippen molar-refractivity contribution in [1.82, 2.24) is 30.4 Å². The van der Waals surface area contributed by atoms with Gasteiger partial charge in [0.15, 0.2) is 5.82 Å². The molecule has 1 fully saturated rings. The number of nitrogens with zero attached hydrogens (tertiary/aromatic N) is 5. The molecule has 9 heteroatoms. The maximum Gasteiger partial charge on any atom is 0.319 e. The van der Waals surface area contributed by atoms with E-state index >= 15 is 0 Å². The molecule has 4 rings (SSSR count). The number of halogens is 1. The van der Waals surface area contributed by atoms with Crippen molar-refractivity contribution in [1.29, 1.82) is 0 Å². The van der Waals surface area contributed by atoms with Crippen molar-refractivity contribution in [2.24, 2.45) is 18.9 Å². The van der Waals surface area contributed by atoms with Gasteiger partial charge in [0.05, 0.1) is 0 Å². The summed E-state index contributed by atoms with van der Waals surface area (Å²) in [5.74, 6) is 1.37. The van der Waals surface area contributed by atoms with Gasteiger partial charge in [0.1, 0.15) is 5.82 Å². The number of tetrazole rings is 1. The molecule has 1 aliphatic heterocycles. The molecule has 0 saturated carbocycles. The average Bonchev–Trinajstić information content (AvgIpc) is 3.29. The fourth-order valence-electron chi connectivity index (χ4n) is 4.60. The van der Waals surface area contributed by atoms with Crippen LogP contribution < -0.4 is 10.6 Å². The number of aromatic nitrogens is 4. The van der Waals surface area contributed by atoms with E-state index in [0.29, 0.717) is 24.2 Å². The van der Waals surface area contributed by atoms with E-state index in [-0.39, 0.29) is 11.8 Å². The first-order chi connectivity index (χ1) is 16.9. The van der Waals surface area contributed by atoms with Crippen LogP contribution in [0.25, 0.3) is 11.4 Å². The number of amides is 2. The molecule has 186 valence electrons. The normalized spacial score (nSPS) is 18.4. The molecular formula is C26H34FN7O. The van der Waals surface area contributed by atoms with Crippen LogP contribution in [-0.4, -0.2) is 57.3 Å². The van der Waals surface area contributed by atoms with Crippen LogP contribution in [0.5, 0.6) is 0 Å². The fraction of sp³-hybridized carbons (Fsp3) is 0.462. The van der Waals surface area contributed by atoms with E-state index in [2.05, 4.69) is 44.9 Å². The zero-order chi connectivity index (χ0) is 24.8. The van der Waals surface area contributed by atoms with E-state index in [0.717, 1.165) is 61.3 Å². The van der Waals surface area contributed by atoms with Crippen molar-refractivity contribution < 1.29 is 9.18 Å². The third-order valence-corrected chi connectivity index (χ3v) is 6.89. The topological polar surface area (TPSA) is 88.0 Å². The summed E-state index contributed by atoms with van der Waals surface area (Å²) in [6, 6.07) is 12.4. The third-order valence-electron chi connectivity index (χ3n) is 6.89. The Kier molecular flexibility index (Phi) is 8.07. The molecular weight excluding hydrogens is 445 g/mol. The zero-order valence-electron chi connectivity index (χ0n) is 20.7. The molecule has 1 saturated heterocycles. The predicted molar refractivity (Wildman–Crippen MR) is 134 cm³/mol. The van der Waals surface area contributed by atoms with E-state index in [4.69, 9.17) is 0 Å². The zero-order valence-corrected chi connectivity index (χ0v) is 20.7. The Balaban J connectivity index is 1.31. The molecule has 0 bridgehead atoms. The van der Waals surface area contributed by atoms with Crippen LogP contribution in [0.3, 0.4) is 0 Å². The number of carbonyl (C=O) groups excluding carboxylic acids is 1. The van der Waals surface area contributed by atoms with Crippen molar-refractivity contribution in [2.45, 2.75) is 33.1 Å². The lowest BCUT2D eigenvalue weighted by molar-refractivity contribution is 0.129.